The van der Waals surface area contributed by atoms with Gasteiger partial charge in [-0.3, -0.25) is 9.69 Å². The molecule has 3 heterocycles. The van der Waals surface area contributed by atoms with Crippen LogP contribution >= 0.6 is 11.3 Å². The maximum Gasteiger partial charge on any atom is 0.244 e. The fourth-order valence-electron chi connectivity index (χ4n) is 4.29. The first-order valence-electron chi connectivity index (χ1n) is 11.2. The van der Waals surface area contributed by atoms with E-state index in [1.54, 1.807) is 28.4 Å². The summed E-state index contributed by atoms with van der Waals surface area (Å²) in [5.74, 6) is 0.0523. The third-order valence-corrected chi connectivity index (χ3v) is 9.19. The molecule has 2 aliphatic heterocycles. The quantitative estimate of drug-likeness (QED) is 0.585. The Bertz CT molecular complexity index is 1080. The first-order chi connectivity index (χ1) is 16.0. The highest BCUT2D eigenvalue weighted by atomic mass is 32.2. The Morgan fingerprint density at radius 2 is 1.64 bits per heavy atom. The van der Waals surface area contributed by atoms with Crippen molar-refractivity contribution in [2.45, 2.75) is 11.3 Å². The molecule has 1 aromatic carbocycles. The Labute approximate surface area is 199 Å². The predicted molar refractivity (Wildman–Crippen MR) is 127 cm³/mol. The molecule has 0 bridgehead atoms. The average Bonchev–Trinajstić information content (AvgIpc) is 3.37. The molecule has 0 atom stereocenters. The number of rotatable bonds is 7. The number of thiophene rings is 1. The van der Waals surface area contributed by atoms with E-state index < -0.39 is 10.0 Å². The van der Waals surface area contributed by atoms with Gasteiger partial charge in [0.2, 0.25) is 15.9 Å². The van der Waals surface area contributed by atoms with Gasteiger partial charge in [0.05, 0.1) is 17.0 Å². The minimum absolute atomic E-state index is 0.0317. The molecule has 0 radical (unpaired) electrons. The number of nitriles is 1. The maximum atomic E-state index is 13.0. The van der Waals surface area contributed by atoms with Crippen molar-refractivity contribution in [3.8, 4) is 6.07 Å². The van der Waals surface area contributed by atoms with Gasteiger partial charge in [-0.05, 0) is 30.0 Å². The second kappa shape index (κ2) is 10.8. The Kier molecular flexibility index (Phi) is 7.78. The number of carbonyl (C=O) groups is 1. The Morgan fingerprint density at radius 3 is 2.30 bits per heavy atom. The first-order valence-corrected chi connectivity index (χ1v) is 13.5. The minimum atomic E-state index is -3.75. The van der Waals surface area contributed by atoms with Gasteiger partial charge in [-0.15, -0.1) is 11.3 Å². The Hall–Kier alpha value is -2.29. The van der Waals surface area contributed by atoms with Crippen LogP contribution in [0.3, 0.4) is 0 Å². The molecular formula is C23H29N5O3S2. The van der Waals surface area contributed by atoms with E-state index in [0.29, 0.717) is 19.6 Å². The van der Waals surface area contributed by atoms with Crippen molar-refractivity contribution in [1.82, 2.24) is 19.0 Å². The molecule has 10 heteroatoms. The Balaban J connectivity index is 1.22. The van der Waals surface area contributed by atoms with E-state index >= 15 is 0 Å². The van der Waals surface area contributed by atoms with E-state index in [-0.39, 0.29) is 29.5 Å². The fraction of sp³-hybridized carbons (Fsp3) is 0.478. The van der Waals surface area contributed by atoms with E-state index in [9.17, 15) is 18.5 Å². The highest BCUT2D eigenvalue weighted by molar-refractivity contribution is 7.89. The van der Waals surface area contributed by atoms with Gasteiger partial charge in [0.15, 0.2) is 0 Å². The lowest BCUT2D eigenvalue weighted by Crippen LogP contribution is -2.54. The van der Waals surface area contributed by atoms with Crippen molar-refractivity contribution in [3.05, 3.63) is 52.2 Å². The molecule has 0 N–H and O–H groups in total. The maximum absolute atomic E-state index is 13.0. The molecule has 2 fully saturated rings. The summed E-state index contributed by atoms with van der Waals surface area (Å²) >= 11 is 1.80. The summed E-state index contributed by atoms with van der Waals surface area (Å²) < 4.78 is 27.3. The summed E-state index contributed by atoms with van der Waals surface area (Å²) in [4.78, 5) is 20.6. The smallest absolute Gasteiger partial charge is 0.244 e. The zero-order chi connectivity index (χ0) is 23.3. The highest BCUT2D eigenvalue weighted by Gasteiger charge is 2.32. The third-order valence-electron chi connectivity index (χ3n) is 6.29. The van der Waals surface area contributed by atoms with Crippen LogP contribution in [0, 0.1) is 11.3 Å². The van der Waals surface area contributed by atoms with Crippen LogP contribution in [-0.4, -0.2) is 98.8 Å². The topological polar surface area (TPSA) is 88.0 Å². The number of piperazine rings is 2. The van der Waals surface area contributed by atoms with Crippen LogP contribution in [-0.2, 0) is 21.2 Å². The van der Waals surface area contributed by atoms with Gasteiger partial charge >= 0.3 is 0 Å². The molecule has 4 rings (SSSR count). The van der Waals surface area contributed by atoms with Crippen LogP contribution in [0.15, 0.2) is 46.7 Å². The monoisotopic (exact) mass is 487 g/mol. The fourth-order valence-corrected chi connectivity index (χ4v) is 6.55. The molecule has 2 saturated heterocycles. The van der Waals surface area contributed by atoms with Crippen molar-refractivity contribution < 1.29 is 13.2 Å². The van der Waals surface area contributed by atoms with Gasteiger partial charge < -0.3 is 9.80 Å². The van der Waals surface area contributed by atoms with Crippen LogP contribution in [0.4, 0.5) is 0 Å². The Morgan fingerprint density at radius 1 is 0.939 bits per heavy atom. The standard InChI is InChI=1S/C23H29N5O3S2/c24-18-20-4-1-2-6-22(20)33(30,31)28-15-13-27(14-16-28)23(29)19-26-11-9-25(10-12-26)8-7-21-5-3-17-32-21/h1-6,17H,7-16,19H2. The first kappa shape index (κ1) is 23.9. The lowest BCUT2D eigenvalue weighted by Gasteiger charge is -2.37. The molecule has 0 saturated carbocycles. The summed E-state index contributed by atoms with van der Waals surface area (Å²) in [6, 6.07) is 12.5. The molecule has 0 spiro atoms. The van der Waals surface area contributed by atoms with Crippen LogP contribution < -0.4 is 0 Å². The molecule has 2 aliphatic rings. The molecule has 176 valence electrons. The van der Waals surface area contributed by atoms with Gasteiger partial charge in [0.1, 0.15) is 6.07 Å². The molecule has 33 heavy (non-hydrogen) atoms. The van der Waals surface area contributed by atoms with E-state index in [0.717, 1.165) is 39.1 Å². The number of carbonyl (C=O) groups excluding carboxylic acids is 1. The third kappa shape index (κ3) is 5.80. The van der Waals surface area contributed by atoms with Crippen molar-refractivity contribution in [2.75, 3.05) is 65.4 Å². The lowest BCUT2D eigenvalue weighted by molar-refractivity contribution is -0.134. The molecule has 0 unspecified atom stereocenters. The van der Waals surface area contributed by atoms with E-state index in [1.165, 1.54) is 21.3 Å². The van der Waals surface area contributed by atoms with Crippen molar-refractivity contribution in [1.29, 1.82) is 5.26 Å². The summed E-state index contributed by atoms with van der Waals surface area (Å²) in [7, 11) is -3.75. The lowest BCUT2D eigenvalue weighted by atomic mass is 10.2. The summed E-state index contributed by atoms with van der Waals surface area (Å²) in [6.07, 6.45) is 1.07. The highest BCUT2D eigenvalue weighted by Crippen LogP contribution is 2.21. The molecule has 1 amide bonds. The molecule has 0 aliphatic carbocycles. The molecule has 8 nitrogen and oxygen atoms in total. The van der Waals surface area contributed by atoms with Gasteiger partial charge in [0, 0.05) is 63.8 Å². The van der Waals surface area contributed by atoms with E-state index in [1.807, 2.05) is 6.07 Å². The van der Waals surface area contributed by atoms with Crippen LogP contribution in [0.1, 0.15) is 10.4 Å². The number of amides is 1. The summed E-state index contributed by atoms with van der Waals surface area (Å²) in [5, 5.41) is 11.4. The minimum Gasteiger partial charge on any atom is -0.339 e. The second-order valence-electron chi connectivity index (χ2n) is 8.34. The van der Waals surface area contributed by atoms with Gasteiger partial charge in [-0.2, -0.15) is 9.57 Å². The van der Waals surface area contributed by atoms with E-state index in [4.69, 9.17) is 0 Å². The number of benzene rings is 1. The SMILES string of the molecule is N#Cc1ccccc1S(=O)(=O)N1CCN(C(=O)CN2CCN(CCc3cccs3)CC2)CC1. The molecular weight excluding hydrogens is 458 g/mol. The van der Waals surface area contributed by atoms with Crippen molar-refractivity contribution in [3.63, 3.8) is 0 Å². The average molecular weight is 488 g/mol. The number of hydrogen-bond donors (Lipinski definition) is 0. The molecule has 2 aromatic rings. The van der Waals surface area contributed by atoms with Crippen molar-refractivity contribution in [2.24, 2.45) is 0 Å². The predicted octanol–water partition coefficient (Wildman–Crippen LogP) is 1.31. The summed E-state index contributed by atoms with van der Waals surface area (Å²) in [6.45, 7) is 6.31. The second-order valence-corrected chi connectivity index (χ2v) is 11.3. The van der Waals surface area contributed by atoms with Gasteiger partial charge in [-0.25, -0.2) is 8.42 Å². The normalized spacial score (nSPS) is 18.8. The summed E-state index contributed by atoms with van der Waals surface area (Å²) in [5.41, 5.74) is 0.144. The van der Waals surface area contributed by atoms with Gasteiger partial charge in [-0.1, -0.05) is 18.2 Å². The van der Waals surface area contributed by atoms with E-state index in [2.05, 4.69) is 27.3 Å². The van der Waals surface area contributed by atoms with Gasteiger partial charge in [0.25, 0.3) is 0 Å². The number of sulfonamides is 1. The molecule has 1 aromatic heterocycles. The zero-order valence-corrected chi connectivity index (χ0v) is 20.2. The van der Waals surface area contributed by atoms with Crippen LogP contribution in [0.5, 0.6) is 0 Å². The van der Waals surface area contributed by atoms with Crippen molar-refractivity contribution >= 4 is 27.3 Å². The van der Waals surface area contributed by atoms with Crippen LogP contribution in [0.25, 0.3) is 0 Å². The number of nitrogens with zero attached hydrogens (tertiary/aromatic N) is 5. The largest absolute Gasteiger partial charge is 0.339 e. The number of hydrogen-bond acceptors (Lipinski definition) is 7. The zero-order valence-electron chi connectivity index (χ0n) is 18.6. The van der Waals surface area contributed by atoms with Crippen LogP contribution in [0.2, 0.25) is 0 Å².